The highest BCUT2D eigenvalue weighted by Crippen LogP contribution is 2.26. The summed E-state index contributed by atoms with van der Waals surface area (Å²) in [7, 11) is 1.83. The Morgan fingerprint density at radius 2 is 2.21 bits per heavy atom. The molecule has 1 aromatic carbocycles. The molecule has 19 heavy (non-hydrogen) atoms. The molecule has 5 nitrogen and oxygen atoms in total. The van der Waals surface area contributed by atoms with Crippen LogP contribution in [0, 0.1) is 3.57 Å². The second kappa shape index (κ2) is 6.23. The molecule has 0 spiro atoms. The van der Waals surface area contributed by atoms with E-state index in [9.17, 15) is 4.79 Å². The zero-order valence-corrected chi connectivity index (χ0v) is 14.4. The average molecular weight is 454 g/mol. The Bertz CT molecular complexity index is 612. The molecule has 1 N–H and O–H groups in total. The van der Waals surface area contributed by atoms with Gasteiger partial charge in [0.2, 0.25) is 0 Å². The molecular weight excluding hydrogens is 445 g/mol. The third-order valence-electron chi connectivity index (χ3n) is 2.28. The van der Waals surface area contributed by atoms with Crippen LogP contribution >= 0.6 is 50.3 Å². The molecule has 0 saturated heterocycles. The van der Waals surface area contributed by atoms with Crippen LogP contribution in [-0.2, 0) is 11.8 Å². The van der Waals surface area contributed by atoms with Crippen molar-refractivity contribution in [3.8, 4) is 11.4 Å². The number of rotatable bonds is 4. The number of hydrogen-bond acceptors (Lipinski definition) is 4. The molecular formula is C11H9BrIN3O2S. The lowest BCUT2D eigenvalue weighted by molar-refractivity contribution is -0.133. The SMILES string of the molecule is Cn1c(SCC(=O)O)nnc1-c1cc(Br)cc(I)c1. The summed E-state index contributed by atoms with van der Waals surface area (Å²) in [5, 5.41) is 17.4. The van der Waals surface area contributed by atoms with E-state index in [1.165, 1.54) is 0 Å². The molecule has 1 heterocycles. The van der Waals surface area contributed by atoms with Crippen molar-refractivity contribution < 1.29 is 9.90 Å². The van der Waals surface area contributed by atoms with E-state index in [0.29, 0.717) is 11.0 Å². The van der Waals surface area contributed by atoms with E-state index in [1.54, 1.807) is 4.57 Å². The molecule has 2 aromatic rings. The second-order valence-electron chi connectivity index (χ2n) is 3.71. The van der Waals surface area contributed by atoms with Crippen molar-refractivity contribution in [1.29, 1.82) is 0 Å². The summed E-state index contributed by atoms with van der Waals surface area (Å²) in [5.74, 6) is -0.180. The molecule has 0 bridgehead atoms. The molecule has 0 saturated carbocycles. The van der Waals surface area contributed by atoms with E-state index in [2.05, 4.69) is 48.7 Å². The highest BCUT2D eigenvalue weighted by atomic mass is 127. The van der Waals surface area contributed by atoms with E-state index < -0.39 is 5.97 Å². The third-order valence-corrected chi connectivity index (χ3v) is 4.37. The molecule has 0 atom stereocenters. The lowest BCUT2D eigenvalue weighted by atomic mass is 10.2. The van der Waals surface area contributed by atoms with E-state index in [1.807, 2.05) is 25.2 Å². The van der Waals surface area contributed by atoms with Gasteiger partial charge in [-0.15, -0.1) is 10.2 Å². The summed E-state index contributed by atoms with van der Waals surface area (Å²) in [5.41, 5.74) is 0.941. The fourth-order valence-electron chi connectivity index (χ4n) is 1.50. The molecule has 0 aliphatic heterocycles. The van der Waals surface area contributed by atoms with Crippen molar-refractivity contribution >= 4 is 56.3 Å². The average Bonchev–Trinajstić information content (AvgIpc) is 2.66. The van der Waals surface area contributed by atoms with Crippen LogP contribution in [0.3, 0.4) is 0 Å². The summed E-state index contributed by atoms with van der Waals surface area (Å²) >= 11 is 6.83. The number of aromatic nitrogens is 3. The summed E-state index contributed by atoms with van der Waals surface area (Å²) in [6.45, 7) is 0. The fraction of sp³-hybridized carbons (Fsp3) is 0.182. The predicted molar refractivity (Wildman–Crippen MR) is 85.2 cm³/mol. The van der Waals surface area contributed by atoms with Crippen LogP contribution < -0.4 is 0 Å². The molecule has 2 rings (SSSR count). The van der Waals surface area contributed by atoms with Gasteiger partial charge < -0.3 is 9.67 Å². The highest BCUT2D eigenvalue weighted by molar-refractivity contribution is 14.1. The standard InChI is InChI=1S/C11H9BrIN3O2S/c1-16-10(6-2-7(12)4-8(13)3-6)14-15-11(16)19-5-9(17)18/h2-4H,5H2,1H3,(H,17,18). The minimum atomic E-state index is -0.869. The van der Waals surface area contributed by atoms with Crippen LogP contribution in [0.4, 0.5) is 0 Å². The van der Waals surface area contributed by atoms with Crippen molar-refractivity contribution in [3.63, 3.8) is 0 Å². The Balaban J connectivity index is 2.33. The molecule has 0 aliphatic carbocycles. The van der Waals surface area contributed by atoms with E-state index in [-0.39, 0.29) is 5.75 Å². The van der Waals surface area contributed by atoms with Crippen LogP contribution in [0.5, 0.6) is 0 Å². The fourth-order valence-corrected chi connectivity index (χ4v) is 3.72. The van der Waals surface area contributed by atoms with Crippen LogP contribution in [0.25, 0.3) is 11.4 Å². The molecule has 100 valence electrons. The number of thioether (sulfide) groups is 1. The summed E-state index contributed by atoms with van der Waals surface area (Å²) < 4.78 is 3.85. The Morgan fingerprint density at radius 3 is 2.84 bits per heavy atom. The zero-order chi connectivity index (χ0) is 14.0. The number of aliphatic carboxylic acids is 1. The van der Waals surface area contributed by atoms with Gasteiger partial charge in [-0.2, -0.15) is 0 Å². The topological polar surface area (TPSA) is 68.0 Å². The number of hydrogen-bond donors (Lipinski definition) is 1. The Labute approximate surface area is 136 Å². The first-order chi connectivity index (χ1) is 8.97. The molecule has 8 heteroatoms. The maximum absolute atomic E-state index is 10.6. The first kappa shape index (κ1) is 14.8. The number of carboxylic acids is 1. The lowest BCUT2D eigenvalue weighted by Gasteiger charge is -2.04. The highest BCUT2D eigenvalue weighted by Gasteiger charge is 2.13. The second-order valence-corrected chi connectivity index (χ2v) is 6.81. The molecule has 0 aliphatic rings. The van der Waals surface area contributed by atoms with E-state index in [4.69, 9.17) is 5.11 Å². The van der Waals surface area contributed by atoms with Crippen LogP contribution in [0.2, 0.25) is 0 Å². The predicted octanol–water partition coefficient (Wildman–Crippen LogP) is 3.03. The number of benzene rings is 1. The number of carbonyl (C=O) groups is 1. The van der Waals surface area contributed by atoms with Crippen molar-refractivity contribution in [2.24, 2.45) is 7.05 Å². The third kappa shape index (κ3) is 3.69. The van der Waals surface area contributed by atoms with Crippen molar-refractivity contribution in [1.82, 2.24) is 14.8 Å². The van der Waals surface area contributed by atoms with Crippen molar-refractivity contribution in [2.75, 3.05) is 5.75 Å². The number of carboxylic acid groups (broad SMARTS) is 1. The van der Waals surface area contributed by atoms with Gasteiger partial charge in [-0.05, 0) is 40.8 Å². The van der Waals surface area contributed by atoms with Gasteiger partial charge in [0.1, 0.15) is 0 Å². The Kier molecular flexibility index (Phi) is 4.85. The van der Waals surface area contributed by atoms with Crippen molar-refractivity contribution in [2.45, 2.75) is 5.16 Å². The molecule has 0 amide bonds. The zero-order valence-electron chi connectivity index (χ0n) is 9.80. The van der Waals surface area contributed by atoms with Gasteiger partial charge in [-0.25, -0.2) is 0 Å². The number of nitrogens with zero attached hydrogens (tertiary/aromatic N) is 3. The van der Waals surface area contributed by atoms with Gasteiger partial charge >= 0.3 is 5.97 Å². The van der Waals surface area contributed by atoms with Gasteiger partial charge in [-0.1, -0.05) is 27.7 Å². The quantitative estimate of drug-likeness (QED) is 0.569. The van der Waals surface area contributed by atoms with Crippen molar-refractivity contribution in [3.05, 3.63) is 26.2 Å². The summed E-state index contributed by atoms with van der Waals surface area (Å²) in [4.78, 5) is 10.6. The van der Waals surface area contributed by atoms with Gasteiger partial charge in [0.05, 0.1) is 5.75 Å². The minimum Gasteiger partial charge on any atom is -0.481 e. The lowest BCUT2D eigenvalue weighted by Crippen LogP contribution is -2.01. The smallest absolute Gasteiger partial charge is 0.313 e. The normalized spacial score (nSPS) is 10.7. The molecule has 0 unspecified atom stereocenters. The van der Waals surface area contributed by atoms with Crippen LogP contribution in [-0.4, -0.2) is 31.6 Å². The maximum atomic E-state index is 10.6. The molecule has 0 fully saturated rings. The minimum absolute atomic E-state index is 0.0258. The number of halogens is 2. The van der Waals surface area contributed by atoms with Gasteiger partial charge in [-0.3, -0.25) is 4.79 Å². The monoisotopic (exact) mass is 453 g/mol. The maximum Gasteiger partial charge on any atom is 0.313 e. The van der Waals surface area contributed by atoms with E-state index in [0.717, 1.165) is 25.4 Å². The summed E-state index contributed by atoms with van der Waals surface area (Å²) in [6.07, 6.45) is 0. The Morgan fingerprint density at radius 1 is 1.47 bits per heavy atom. The van der Waals surface area contributed by atoms with Crippen LogP contribution in [0.15, 0.2) is 27.8 Å². The molecule has 0 radical (unpaired) electrons. The first-order valence-electron chi connectivity index (χ1n) is 5.18. The molecule has 1 aromatic heterocycles. The van der Waals surface area contributed by atoms with Gasteiger partial charge in [0.25, 0.3) is 0 Å². The largest absolute Gasteiger partial charge is 0.481 e. The van der Waals surface area contributed by atoms with E-state index >= 15 is 0 Å². The van der Waals surface area contributed by atoms with Gasteiger partial charge in [0, 0.05) is 20.7 Å². The Hall–Kier alpha value is -0.610. The first-order valence-corrected chi connectivity index (χ1v) is 8.03. The van der Waals surface area contributed by atoms with Crippen LogP contribution in [0.1, 0.15) is 0 Å². The summed E-state index contributed by atoms with van der Waals surface area (Å²) in [6, 6.07) is 5.96. The van der Waals surface area contributed by atoms with Gasteiger partial charge in [0.15, 0.2) is 11.0 Å².